The number of rotatable bonds is 9. The molecular formula is C37H40N4O4. The molecule has 1 fully saturated rings. The van der Waals surface area contributed by atoms with Crippen LogP contribution in [-0.4, -0.2) is 55.6 Å². The Labute approximate surface area is 265 Å². The average molecular weight is 605 g/mol. The molecule has 0 bridgehead atoms. The molecule has 0 saturated carbocycles. The molecule has 0 aliphatic carbocycles. The van der Waals surface area contributed by atoms with Gasteiger partial charge in [-0.25, -0.2) is 4.79 Å². The molecule has 5 rings (SSSR count). The van der Waals surface area contributed by atoms with Crippen LogP contribution in [0.15, 0.2) is 97.1 Å². The van der Waals surface area contributed by atoms with E-state index < -0.39 is 6.09 Å². The lowest BCUT2D eigenvalue weighted by Crippen LogP contribution is -2.40. The van der Waals surface area contributed by atoms with Crippen LogP contribution < -0.4 is 15.5 Å². The number of hydrogen-bond acceptors (Lipinski definition) is 5. The summed E-state index contributed by atoms with van der Waals surface area (Å²) in [7, 11) is 1.75. The van der Waals surface area contributed by atoms with E-state index in [1.807, 2.05) is 98.8 Å². The normalized spacial score (nSPS) is 13.6. The Bertz CT molecular complexity index is 1650. The van der Waals surface area contributed by atoms with Gasteiger partial charge in [-0.3, -0.25) is 14.9 Å². The molecule has 1 aliphatic rings. The maximum atomic E-state index is 13.2. The molecule has 45 heavy (non-hydrogen) atoms. The summed E-state index contributed by atoms with van der Waals surface area (Å²) >= 11 is 0. The number of aryl methyl sites for hydroxylation is 2. The van der Waals surface area contributed by atoms with Crippen molar-refractivity contribution in [2.24, 2.45) is 0 Å². The fraction of sp³-hybridized carbons (Fsp3) is 0.270. The number of amides is 3. The number of hydrogen-bond donors (Lipinski definition) is 2. The largest absolute Gasteiger partial charge is 0.446 e. The van der Waals surface area contributed by atoms with Gasteiger partial charge < -0.3 is 19.9 Å². The first kappa shape index (κ1) is 31.5. The van der Waals surface area contributed by atoms with Crippen LogP contribution >= 0.6 is 0 Å². The number of anilines is 3. The van der Waals surface area contributed by atoms with E-state index in [0.717, 1.165) is 41.0 Å². The standard InChI is InChI=1S/C37H40N4O4/c1-26-10-9-13-30(24-26)38-36(43)29-17-16-27(2)34(25-29)40(3)35(42)20-23-41-21-18-31(19-22-41)45-37(44)39-33-15-8-7-14-32(33)28-11-5-4-6-12-28/h4-17,24-25,31H,18-23H2,1-3H3,(H,38,43)(H,39,44). The van der Waals surface area contributed by atoms with E-state index in [0.29, 0.717) is 42.7 Å². The summed E-state index contributed by atoms with van der Waals surface area (Å²) < 4.78 is 5.76. The maximum Gasteiger partial charge on any atom is 0.411 e. The fourth-order valence-electron chi connectivity index (χ4n) is 5.60. The van der Waals surface area contributed by atoms with Gasteiger partial charge in [0.1, 0.15) is 6.10 Å². The topological polar surface area (TPSA) is 91.0 Å². The van der Waals surface area contributed by atoms with E-state index in [-0.39, 0.29) is 17.9 Å². The lowest BCUT2D eigenvalue weighted by Gasteiger charge is -2.32. The highest BCUT2D eigenvalue weighted by Gasteiger charge is 2.24. The summed E-state index contributed by atoms with van der Waals surface area (Å²) in [5.74, 6) is -0.244. The number of carbonyl (C=O) groups is 3. The van der Waals surface area contributed by atoms with Gasteiger partial charge in [0.25, 0.3) is 5.91 Å². The van der Waals surface area contributed by atoms with Crippen LogP contribution in [-0.2, 0) is 9.53 Å². The van der Waals surface area contributed by atoms with Crippen molar-refractivity contribution < 1.29 is 19.1 Å². The van der Waals surface area contributed by atoms with Crippen LogP contribution in [0.5, 0.6) is 0 Å². The number of carbonyl (C=O) groups excluding carboxylic acids is 3. The summed E-state index contributed by atoms with van der Waals surface area (Å²) in [6, 6.07) is 30.7. The van der Waals surface area contributed by atoms with E-state index in [9.17, 15) is 14.4 Å². The molecule has 4 aromatic rings. The Hall–Kier alpha value is -4.95. The van der Waals surface area contributed by atoms with Gasteiger partial charge in [-0.05, 0) is 73.7 Å². The summed E-state index contributed by atoms with van der Waals surface area (Å²) in [5, 5.41) is 5.85. The van der Waals surface area contributed by atoms with Crippen molar-refractivity contribution in [3.05, 3.63) is 114 Å². The van der Waals surface area contributed by atoms with Gasteiger partial charge >= 0.3 is 6.09 Å². The van der Waals surface area contributed by atoms with Crippen LogP contribution in [0.3, 0.4) is 0 Å². The van der Waals surface area contributed by atoms with Gasteiger partial charge in [0.05, 0.1) is 5.69 Å². The Morgan fingerprint density at radius 3 is 2.33 bits per heavy atom. The molecule has 0 radical (unpaired) electrons. The quantitative estimate of drug-likeness (QED) is 0.209. The number of para-hydroxylation sites is 1. The monoisotopic (exact) mass is 604 g/mol. The molecular weight excluding hydrogens is 564 g/mol. The van der Waals surface area contributed by atoms with Crippen molar-refractivity contribution >= 4 is 35.0 Å². The van der Waals surface area contributed by atoms with E-state index in [1.165, 1.54) is 0 Å². The molecule has 8 heteroatoms. The van der Waals surface area contributed by atoms with Crippen LogP contribution in [0.4, 0.5) is 21.9 Å². The Morgan fingerprint density at radius 2 is 1.58 bits per heavy atom. The molecule has 4 aromatic carbocycles. The molecule has 2 N–H and O–H groups in total. The zero-order valence-corrected chi connectivity index (χ0v) is 26.1. The molecule has 1 heterocycles. The van der Waals surface area contributed by atoms with Crippen molar-refractivity contribution in [2.45, 2.75) is 39.2 Å². The molecule has 0 unspecified atom stereocenters. The average Bonchev–Trinajstić information content (AvgIpc) is 3.05. The number of piperidine rings is 1. The second-order valence-electron chi connectivity index (χ2n) is 11.5. The van der Waals surface area contributed by atoms with Crippen molar-refractivity contribution in [1.29, 1.82) is 0 Å². The van der Waals surface area contributed by atoms with E-state index in [4.69, 9.17) is 4.74 Å². The highest BCUT2D eigenvalue weighted by molar-refractivity contribution is 6.05. The smallest absolute Gasteiger partial charge is 0.411 e. The van der Waals surface area contributed by atoms with E-state index >= 15 is 0 Å². The summed E-state index contributed by atoms with van der Waals surface area (Å²) in [4.78, 5) is 42.7. The maximum absolute atomic E-state index is 13.2. The fourth-order valence-corrected chi connectivity index (χ4v) is 5.60. The van der Waals surface area contributed by atoms with E-state index in [1.54, 1.807) is 24.1 Å². The first-order valence-electron chi connectivity index (χ1n) is 15.4. The number of ether oxygens (including phenoxy) is 1. The number of likely N-dealkylation sites (tertiary alicyclic amines) is 1. The Morgan fingerprint density at radius 1 is 0.844 bits per heavy atom. The third kappa shape index (κ3) is 8.37. The first-order valence-corrected chi connectivity index (χ1v) is 15.4. The highest BCUT2D eigenvalue weighted by atomic mass is 16.6. The molecule has 0 aromatic heterocycles. The summed E-state index contributed by atoms with van der Waals surface area (Å²) in [5.41, 5.74) is 6.58. The molecule has 1 aliphatic heterocycles. The SMILES string of the molecule is Cc1cccc(NC(=O)c2ccc(C)c(N(C)C(=O)CCN3CCC(OC(=O)Nc4ccccc4-c4ccccc4)CC3)c2)c1. The van der Waals surface area contributed by atoms with Crippen LogP contribution in [0.25, 0.3) is 11.1 Å². The predicted octanol–water partition coefficient (Wildman–Crippen LogP) is 7.29. The summed E-state index contributed by atoms with van der Waals surface area (Å²) in [6.07, 6.45) is 1.11. The lowest BCUT2D eigenvalue weighted by molar-refractivity contribution is -0.118. The number of nitrogens with one attached hydrogen (secondary N) is 2. The molecule has 0 spiro atoms. The lowest BCUT2D eigenvalue weighted by atomic mass is 10.0. The van der Waals surface area contributed by atoms with Gasteiger partial charge in [-0.1, -0.05) is 66.7 Å². The van der Waals surface area contributed by atoms with Gasteiger partial charge in [-0.15, -0.1) is 0 Å². The van der Waals surface area contributed by atoms with Gasteiger partial charge in [0.15, 0.2) is 0 Å². The zero-order valence-electron chi connectivity index (χ0n) is 26.1. The Kier molecular flexibility index (Phi) is 10.3. The van der Waals surface area contributed by atoms with Crippen LogP contribution in [0.1, 0.15) is 40.7 Å². The van der Waals surface area contributed by atoms with E-state index in [2.05, 4.69) is 15.5 Å². The predicted molar refractivity (Wildman–Crippen MR) is 180 cm³/mol. The molecule has 8 nitrogen and oxygen atoms in total. The third-order valence-electron chi connectivity index (χ3n) is 8.18. The molecule has 0 atom stereocenters. The van der Waals surface area contributed by atoms with Crippen molar-refractivity contribution in [1.82, 2.24) is 4.90 Å². The summed E-state index contributed by atoms with van der Waals surface area (Å²) in [6.45, 7) is 6.00. The number of benzene rings is 4. The zero-order chi connectivity index (χ0) is 31.8. The van der Waals surface area contributed by atoms with Crippen LogP contribution in [0, 0.1) is 13.8 Å². The highest BCUT2D eigenvalue weighted by Crippen LogP contribution is 2.28. The molecule has 232 valence electrons. The third-order valence-corrected chi connectivity index (χ3v) is 8.18. The van der Waals surface area contributed by atoms with Gasteiger partial charge in [0.2, 0.25) is 5.91 Å². The second-order valence-corrected chi connectivity index (χ2v) is 11.5. The Balaban J connectivity index is 1.08. The van der Waals surface area contributed by atoms with Crippen molar-refractivity contribution in [3.63, 3.8) is 0 Å². The molecule has 1 saturated heterocycles. The van der Waals surface area contributed by atoms with Gasteiger partial charge in [0, 0.05) is 55.6 Å². The van der Waals surface area contributed by atoms with Crippen molar-refractivity contribution in [3.8, 4) is 11.1 Å². The molecule has 3 amide bonds. The minimum atomic E-state index is -0.459. The minimum absolute atomic E-state index is 0.0239. The second kappa shape index (κ2) is 14.7. The van der Waals surface area contributed by atoms with Crippen molar-refractivity contribution in [2.75, 3.05) is 42.2 Å². The van der Waals surface area contributed by atoms with Crippen LogP contribution in [0.2, 0.25) is 0 Å². The minimum Gasteiger partial charge on any atom is -0.446 e. The van der Waals surface area contributed by atoms with Gasteiger partial charge in [-0.2, -0.15) is 0 Å². The first-order chi connectivity index (χ1) is 21.8. The number of nitrogens with zero attached hydrogens (tertiary/aromatic N) is 2.